The molecule has 0 heterocycles. The van der Waals surface area contributed by atoms with Gasteiger partial charge >= 0.3 is 0 Å². The van der Waals surface area contributed by atoms with Gasteiger partial charge in [-0.25, -0.2) is 0 Å². The molecule has 0 amide bonds. The van der Waals surface area contributed by atoms with Gasteiger partial charge in [-0.3, -0.25) is 0 Å². The van der Waals surface area contributed by atoms with Crippen molar-refractivity contribution in [3.63, 3.8) is 0 Å². The molecule has 0 aliphatic carbocycles. The van der Waals surface area contributed by atoms with Crippen molar-refractivity contribution in [3.05, 3.63) is 40.8 Å². The number of nitrogens with one attached hydrogen (secondary N) is 1. The number of benzene rings is 1. The first-order chi connectivity index (χ1) is 5.83. The third kappa shape index (κ3) is 2.57. The fraction of sp³-hybridized carbons (Fsp3) is 0. The van der Waals surface area contributed by atoms with E-state index in [1.54, 1.807) is 0 Å². The maximum absolute atomic E-state index is 8.05. The summed E-state index contributed by atoms with van der Waals surface area (Å²) in [4.78, 5) is 2.55. The summed E-state index contributed by atoms with van der Waals surface area (Å²) in [5.41, 5.74) is 8.86. The molecule has 5 heteroatoms. The number of nitrogens with zero attached hydrogens (tertiary/aromatic N) is 3. The summed E-state index contributed by atoms with van der Waals surface area (Å²) in [5, 5.41) is 6.10. The van der Waals surface area contributed by atoms with Gasteiger partial charge in [0.25, 0.3) is 0 Å². The van der Waals surface area contributed by atoms with E-state index < -0.39 is 0 Å². The molecule has 0 atom stereocenters. The van der Waals surface area contributed by atoms with Gasteiger partial charge in [0, 0.05) is 10.6 Å². The van der Waals surface area contributed by atoms with Crippen LogP contribution in [0.3, 0.4) is 0 Å². The fourth-order valence-electron chi connectivity index (χ4n) is 0.711. The Morgan fingerprint density at radius 1 is 1.42 bits per heavy atom. The Morgan fingerprint density at radius 3 is 2.67 bits per heavy atom. The Kier molecular flexibility index (Phi) is 3.07. The Bertz CT molecular complexity index is 315. The van der Waals surface area contributed by atoms with Crippen LogP contribution < -0.4 is 5.32 Å². The average Bonchev–Trinajstić information content (AvgIpc) is 2.06. The van der Waals surface area contributed by atoms with Crippen LogP contribution in [0.25, 0.3) is 10.4 Å². The van der Waals surface area contributed by atoms with E-state index >= 15 is 0 Å². The Labute approximate surface area is 74.8 Å². The fourth-order valence-corrected chi connectivity index (χ4v) is 0.865. The number of thiocarbonyl (C=S) groups is 1. The van der Waals surface area contributed by atoms with Gasteiger partial charge in [0.1, 0.15) is 0 Å². The molecule has 0 aliphatic heterocycles. The van der Waals surface area contributed by atoms with Crippen LogP contribution in [0.1, 0.15) is 0 Å². The Hall–Kier alpha value is -1.58. The van der Waals surface area contributed by atoms with Gasteiger partial charge in [0.05, 0.1) is 0 Å². The molecule has 0 unspecified atom stereocenters. The summed E-state index contributed by atoms with van der Waals surface area (Å²) in [6.07, 6.45) is 0. The Balaban J connectivity index is 2.64. The number of hydrogen-bond acceptors (Lipinski definition) is 1. The second-order valence-electron chi connectivity index (χ2n) is 1.99. The van der Waals surface area contributed by atoms with Crippen molar-refractivity contribution >= 4 is 23.0 Å². The molecule has 0 spiro atoms. The van der Waals surface area contributed by atoms with Crippen LogP contribution in [-0.4, -0.2) is 5.11 Å². The monoisotopic (exact) mass is 178 g/mol. The quantitative estimate of drug-likeness (QED) is 0.311. The first-order valence-electron chi connectivity index (χ1n) is 3.24. The highest BCUT2D eigenvalue weighted by Gasteiger charge is 1.91. The van der Waals surface area contributed by atoms with Crippen molar-refractivity contribution in [3.8, 4) is 0 Å². The molecule has 0 saturated carbocycles. The molecule has 0 bridgehead atoms. The van der Waals surface area contributed by atoms with Gasteiger partial charge < -0.3 is 5.32 Å². The SMILES string of the molecule is [N-]=[N+]=NC(=S)Nc1ccccc1. The van der Waals surface area contributed by atoms with E-state index in [1.807, 2.05) is 30.3 Å². The minimum atomic E-state index is 0.128. The van der Waals surface area contributed by atoms with Gasteiger partial charge in [-0.05, 0) is 22.8 Å². The van der Waals surface area contributed by atoms with E-state index in [4.69, 9.17) is 17.7 Å². The second-order valence-corrected chi connectivity index (χ2v) is 2.37. The molecule has 4 nitrogen and oxygen atoms in total. The van der Waals surface area contributed by atoms with Crippen LogP contribution >= 0.6 is 12.2 Å². The van der Waals surface area contributed by atoms with Crippen LogP contribution in [0.5, 0.6) is 0 Å². The van der Waals surface area contributed by atoms with Crippen LogP contribution in [0.15, 0.2) is 35.4 Å². The lowest BCUT2D eigenvalue weighted by atomic mass is 10.3. The topological polar surface area (TPSA) is 60.8 Å². The van der Waals surface area contributed by atoms with Crippen LogP contribution in [-0.2, 0) is 0 Å². The molecular formula is C7H6N4S. The summed E-state index contributed by atoms with van der Waals surface area (Å²) in [5.74, 6) is 0. The molecule has 1 rings (SSSR count). The van der Waals surface area contributed by atoms with Gasteiger partial charge in [-0.1, -0.05) is 30.4 Å². The van der Waals surface area contributed by atoms with Crippen molar-refractivity contribution in [2.45, 2.75) is 0 Å². The van der Waals surface area contributed by atoms with Crippen LogP contribution in [0.4, 0.5) is 5.69 Å². The average molecular weight is 178 g/mol. The third-order valence-corrected chi connectivity index (χ3v) is 1.34. The summed E-state index contributed by atoms with van der Waals surface area (Å²) >= 11 is 4.70. The van der Waals surface area contributed by atoms with E-state index in [0.717, 1.165) is 5.69 Å². The first-order valence-corrected chi connectivity index (χ1v) is 3.65. The van der Waals surface area contributed by atoms with E-state index in [9.17, 15) is 0 Å². The number of rotatable bonds is 1. The highest BCUT2D eigenvalue weighted by Crippen LogP contribution is 2.04. The number of anilines is 1. The van der Waals surface area contributed by atoms with E-state index in [1.165, 1.54) is 0 Å². The van der Waals surface area contributed by atoms with E-state index in [-0.39, 0.29) is 5.11 Å². The van der Waals surface area contributed by atoms with Crippen LogP contribution in [0, 0.1) is 0 Å². The van der Waals surface area contributed by atoms with Crippen LogP contribution in [0.2, 0.25) is 0 Å². The number of azide groups is 1. The summed E-state index contributed by atoms with van der Waals surface area (Å²) < 4.78 is 0. The maximum Gasteiger partial charge on any atom is 0.167 e. The third-order valence-electron chi connectivity index (χ3n) is 1.16. The van der Waals surface area contributed by atoms with Gasteiger partial charge in [-0.2, -0.15) is 0 Å². The molecule has 1 N–H and O–H groups in total. The number of para-hydroxylation sites is 1. The Morgan fingerprint density at radius 2 is 2.08 bits per heavy atom. The zero-order valence-electron chi connectivity index (χ0n) is 6.14. The van der Waals surface area contributed by atoms with Crippen molar-refractivity contribution in [1.29, 1.82) is 0 Å². The smallest absolute Gasteiger partial charge is 0.167 e. The molecular weight excluding hydrogens is 172 g/mol. The molecule has 0 radical (unpaired) electrons. The zero-order chi connectivity index (χ0) is 8.81. The number of hydrogen-bond donors (Lipinski definition) is 1. The minimum absolute atomic E-state index is 0.128. The molecule has 60 valence electrons. The second kappa shape index (κ2) is 4.33. The summed E-state index contributed by atoms with van der Waals surface area (Å²) in [6, 6.07) is 9.28. The largest absolute Gasteiger partial charge is 0.345 e. The van der Waals surface area contributed by atoms with Crippen molar-refractivity contribution in [2.24, 2.45) is 5.11 Å². The van der Waals surface area contributed by atoms with E-state index in [2.05, 4.69) is 15.3 Å². The van der Waals surface area contributed by atoms with Gasteiger partial charge in [-0.15, -0.1) is 0 Å². The predicted molar refractivity (Wildman–Crippen MR) is 51.8 cm³/mol. The maximum atomic E-state index is 8.05. The van der Waals surface area contributed by atoms with Crippen molar-refractivity contribution in [1.82, 2.24) is 0 Å². The lowest BCUT2D eigenvalue weighted by molar-refractivity contribution is 1.57. The highest BCUT2D eigenvalue weighted by atomic mass is 32.1. The summed E-state index contributed by atoms with van der Waals surface area (Å²) in [7, 11) is 0. The standard InChI is InChI=1S/C7H6N4S/c8-11-10-7(12)9-6-4-2-1-3-5-6/h1-5H,(H,9,12). The van der Waals surface area contributed by atoms with E-state index in [0.29, 0.717) is 0 Å². The van der Waals surface area contributed by atoms with Crippen molar-refractivity contribution in [2.75, 3.05) is 5.32 Å². The molecule has 1 aromatic carbocycles. The molecule has 1 aromatic rings. The summed E-state index contributed by atoms with van der Waals surface area (Å²) in [6.45, 7) is 0. The first kappa shape index (κ1) is 8.52. The lowest BCUT2D eigenvalue weighted by Gasteiger charge is -2.00. The van der Waals surface area contributed by atoms with Gasteiger partial charge in [0.15, 0.2) is 5.11 Å². The predicted octanol–water partition coefficient (Wildman–Crippen LogP) is 2.69. The van der Waals surface area contributed by atoms with Gasteiger partial charge in [0.2, 0.25) is 0 Å². The highest BCUT2D eigenvalue weighted by molar-refractivity contribution is 7.80. The molecule has 0 aliphatic rings. The zero-order valence-corrected chi connectivity index (χ0v) is 6.95. The normalized spacial score (nSPS) is 8.33. The van der Waals surface area contributed by atoms with Crippen molar-refractivity contribution < 1.29 is 0 Å². The minimum Gasteiger partial charge on any atom is -0.345 e. The molecule has 0 aromatic heterocycles. The molecule has 12 heavy (non-hydrogen) atoms. The molecule has 0 fully saturated rings. The lowest BCUT2D eigenvalue weighted by Crippen LogP contribution is -2.03. The molecule has 0 saturated heterocycles.